The third-order valence-electron chi connectivity index (χ3n) is 2.90. The number of phenols is 1. The number of rotatable bonds is 4. The molecule has 23 heavy (non-hydrogen) atoms. The van der Waals surface area contributed by atoms with Gasteiger partial charge in [-0.2, -0.15) is 0 Å². The number of amides is 1. The van der Waals surface area contributed by atoms with Gasteiger partial charge in [0.15, 0.2) is 0 Å². The number of carbonyl (C=O) groups excluding carboxylic acids is 1. The van der Waals surface area contributed by atoms with E-state index < -0.39 is 33.6 Å². The summed E-state index contributed by atoms with van der Waals surface area (Å²) < 4.78 is 0. The predicted molar refractivity (Wildman–Crippen MR) is 81.1 cm³/mol. The van der Waals surface area contributed by atoms with Crippen molar-refractivity contribution in [2.45, 2.75) is 0 Å². The van der Waals surface area contributed by atoms with Gasteiger partial charge in [0.1, 0.15) is 11.3 Å². The van der Waals surface area contributed by atoms with Crippen molar-refractivity contribution in [3.8, 4) is 5.75 Å². The Morgan fingerprint density at radius 1 is 1.22 bits per heavy atom. The summed E-state index contributed by atoms with van der Waals surface area (Å²) >= 11 is 5.74. The summed E-state index contributed by atoms with van der Waals surface area (Å²) in [6.45, 7) is 0. The molecule has 0 unspecified atom stereocenters. The zero-order chi connectivity index (χ0) is 17.1. The van der Waals surface area contributed by atoms with Crippen molar-refractivity contribution < 1.29 is 24.7 Å². The van der Waals surface area contributed by atoms with Gasteiger partial charge in [-0.1, -0.05) is 17.7 Å². The molecule has 0 aromatic heterocycles. The quantitative estimate of drug-likeness (QED) is 0.447. The number of carboxylic acid groups (broad SMARTS) is 1. The maximum atomic E-state index is 12.3. The van der Waals surface area contributed by atoms with Gasteiger partial charge in [-0.3, -0.25) is 14.9 Å². The third kappa shape index (κ3) is 3.38. The zero-order valence-electron chi connectivity index (χ0n) is 11.3. The Morgan fingerprint density at radius 3 is 2.52 bits per heavy atom. The van der Waals surface area contributed by atoms with Gasteiger partial charge in [0.25, 0.3) is 11.6 Å². The molecule has 3 N–H and O–H groups in total. The number of anilines is 1. The van der Waals surface area contributed by atoms with Crippen LogP contribution >= 0.6 is 11.6 Å². The van der Waals surface area contributed by atoms with Crippen molar-refractivity contribution in [3.05, 3.63) is 62.7 Å². The molecule has 0 saturated heterocycles. The number of hydrogen-bond donors (Lipinski definition) is 3. The minimum atomic E-state index is -1.49. The Bertz CT molecular complexity index is 789. The minimum Gasteiger partial charge on any atom is -0.506 e. The molecule has 2 rings (SSSR count). The fourth-order valence-corrected chi connectivity index (χ4v) is 2.07. The molecule has 2 aromatic carbocycles. The van der Waals surface area contributed by atoms with Gasteiger partial charge in [0.2, 0.25) is 0 Å². The van der Waals surface area contributed by atoms with Gasteiger partial charge >= 0.3 is 5.97 Å². The van der Waals surface area contributed by atoms with Gasteiger partial charge in [0, 0.05) is 11.1 Å². The van der Waals surface area contributed by atoms with Gasteiger partial charge in [0.05, 0.1) is 16.2 Å². The number of aromatic hydroxyl groups is 1. The molecule has 2 aromatic rings. The number of nitro groups is 1. The Labute approximate surface area is 134 Å². The monoisotopic (exact) mass is 336 g/mol. The first-order valence-corrected chi connectivity index (χ1v) is 6.49. The van der Waals surface area contributed by atoms with E-state index in [4.69, 9.17) is 16.7 Å². The van der Waals surface area contributed by atoms with Crippen LogP contribution in [0.15, 0.2) is 36.4 Å². The lowest BCUT2D eigenvalue weighted by Crippen LogP contribution is -2.18. The molecule has 0 aliphatic carbocycles. The van der Waals surface area contributed by atoms with Crippen LogP contribution in [0.1, 0.15) is 20.7 Å². The van der Waals surface area contributed by atoms with Crippen molar-refractivity contribution in [3.63, 3.8) is 0 Å². The van der Waals surface area contributed by atoms with E-state index in [2.05, 4.69) is 5.32 Å². The first-order valence-electron chi connectivity index (χ1n) is 6.12. The van der Waals surface area contributed by atoms with Crippen LogP contribution < -0.4 is 5.32 Å². The molecule has 1 amide bonds. The number of nitrogens with zero attached hydrogens (tertiary/aromatic N) is 1. The number of halogens is 1. The van der Waals surface area contributed by atoms with Crippen LogP contribution in [0.25, 0.3) is 0 Å². The second kappa shape index (κ2) is 6.32. The molecule has 0 spiro atoms. The van der Waals surface area contributed by atoms with Crippen molar-refractivity contribution in [1.29, 1.82) is 0 Å². The summed E-state index contributed by atoms with van der Waals surface area (Å²) in [5, 5.41) is 32.2. The summed E-state index contributed by atoms with van der Waals surface area (Å²) in [6.07, 6.45) is 0. The first-order chi connectivity index (χ1) is 10.8. The van der Waals surface area contributed by atoms with Crippen LogP contribution in [0, 0.1) is 10.1 Å². The highest BCUT2D eigenvalue weighted by atomic mass is 35.5. The van der Waals surface area contributed by atoms with E-state index in [1.807, 2.05) is 0 Å². The first kappa shape index (κ1) is 16.2. The van der Waals surface area contributed by atoms with Crippen LogP contribution in [-0.4, -0.2) is 27.0 Å². The van der Waals surface area contributed by atoms with Gasteiger partial charge in [-0.25, -0.2) is 4.79 Å². The number of hydrogen-bond acceptors (Lipinski definition) is 5. The highest BCUT2D eigenvalue weighted by molar-refractivity contribution is 6.31. The largest absolute Gasteiger partial charge is 0.506 e. The molecule has 9 heteroatoms. The average molecular weight is 337 g/mol. The predicted octanol–water partition coefficient (Wildman–Crippen LogP) is 2.90. The molecule has 0 fully saturated rings. The summed E-state index contributed by atoms with van der Waals surface area (Å²) in [4.78, 5) is 33.7. The highest BCUT2D eigenvalue weighted by Crippen LogP contribution is 2.29. The standard InChI is InChI=1S/C14H9ClN2O6/c15-7-4-5-11(18)9(6-7)16-13(19)12-8(14(20)21)2-1-3-10(12)17(22)23/h1-6,18H,(H,16,19)(H,20,21). The SMILES string of the molecule is O=C(O)c1cccc([N+](=O)[O-])c1C(=O)Nc1cc(Cl)ccc1O. The lowest BCUT2D eigenvalue weighted by molar-refractivity contribution is -0.385. The number of aromatic carboxylic acids is 1. The van der Waals surface area contributed by atoms with Crippen LogP contribution in [0.5, 0.6) is 5.75 Å². The molecule has 118 valence electrons. The van der Waals surface area contributed by atoms with Crippen molar-refractivity contribution in [1.82, 2.24) is 0 Å². The maximum absolute atomic E-state index is 12.3. The number of benzene rings is 2. The van der Waals surface area contributed by atoms with Crippen molar-refractivity contribution in [2.24, 2.45) is 0 Å². The Hall–Kier alpha value is -3.13. The van der Waals surface area contributed by atoms with Crippen LogP contribution in [0.4, 0.5) is 11.4 Å². The lowest BCUT2D eigenvalue weighted by atomic mass is 10.0. The third-order valence-corrected chi connectivity index (χ3v) is 3.14. The van der Waals surface area contributed by atoms with Crippen LogP contribution in [0.3, 0.4) is 0 Å². The highest BCUT2D eigenvalue weighted by Gasteiger charge is 2.27. The van der Waals surface area contributed by atoms with E-state index in [0.29, 0.717) is 0 Å². The van der Waals surface area contributed by atoms with E-state index >= 15 is 0 Å². The van der Waals surface area contributed by atoms with Gasteiger partial charge in [-0.15, -0.1) is 0 Å². The number of nitro benzene ring substituents is 1. The zero-order valence-corrected chi connectivity index (χ0v) is 12.1. The normalized spacial score (nSPS) is 10.1. The molecule has 0 atom stereocenters. The molecule has 0 aliphatic heterocycles. The summed E-state index contributed by atoms with van der Waals surface area (Å²) in [6, 6.07) is 7.07. The number of nitrogens with one attached hydrogen (secondary N) is 1. The second-order valence-electron chi connectivity index (χ2n) is 4.38. The Kier molecular flexibility index (Phi) is 4.47. The molecular weight excluding hydrogens is 328 g/mol. The number of carboxylic acids is 1. The second-order valence-corrected chi connectivity index (χ2v) is 4.81. The smallest absolute Gasteiger partial charge is 0.336 e. The summed E-state index contributed by atoms with van der Waals surface area (Å²) in [5.74, 6) is -2.86. The van der Waals surface area contributed by atoms with E-state index in [9.17, 15) is 24.8 Å². The Balaban J connectivity index is 2.52. The lowest BCUT2D eigenvalue weighted by Gasteiger charge is -2.10. The average Bonchev–Trinajstić information content (AvgIpc) is 2.49. The van der Waals surface area contributed by atoms with Crippen molar-refractivity contribution in [2.75, 3.05) is 5.32 Å². The van der Waals surface area contributed by atoms with Crippen LogP contribution in [0.2, 0.25) is 5.02 Å². The van der Waals surface area contributed by atoms with Gasteiger partial charge in [-0.05, 0) is 24.3 Å². The van der Waals surface area contributed by atoms with Gasteiger partial charge < -0.3 is 15.5 Å². The summed E-state index contributed by atoms with van der Waals surface area (Å²) in [5.41, 5.74) is -1.91. The molecule has 0 heterocycles. The molecule has 0 bridgehead atoms. The fourth-order valence-electron chi connectivity index (χ4n) is 1.90. The fraction of sp³-hybridized carbons (Fsp3) is 0. The number of carbonyl (C=O) groups is 2. The summed E-state index contributed by atoms with van der Waals surface area (Å²) in [7, 11) is 0. The molecule has 8 nitrogen and oxygen atoms in total. The van der Waals surface area contributed by atoms with E-state index in [0.717, 1.165) is 18.2 Å². The minimum absolute atomic E-state index is 0.100. The molecular formula is C14H9ClN2O6. The topological polar surface area (TPSA) is 130 Å². The maximum Gasteiger partial charge on any atom is 0.336 e. The van der Waals surface area contributed by atoms with Crippen molar-refractivity contribution >= 4 is 34.9 Å². The van der Waals surface area contributed by atoms with E-state index in [-0.39, 0.29) is 16.5 Å². The molecule has 0 radical (unpaired) electrons. The van der Waals surface area contributed by atoms with Crippen LogP contribution in [-0.2, 0) is 0 Å². The molecule has 0 saturated carbocycles. The van der Waals surface area contributed by atoms with E-state index in [1.54, 1.807) is 0 Å². The molecule has 0 aliphatic rings. The van der Waals surface area contributed by atoms with E-state index in [1.165, 1.54) is 18.2 Å². The Morgan fingerprint density at radius 2 is 1.91 bits per heavy atom. The number of phenolic OH excluding ortho intramolecular Hbond substituents is 1.